The summed E-state index contributed by atoms with van der Waals surface area (Å²) in [6.45, 7) is 18.9. The van der Waals surface area contributed by atoms with Crippen molar-refractivity contribution in [2.24, 2.45) is 17.8 Å². The highest BCUT2D eigenvalue weighted by Gasteiger charge is 2.52. The predicted octanol–water partition coefficient (Wildman–Crippen LogP) is 4.51. The van der Waals surface area contributed by atoms with Gasteiger partial charge < -0.3 is 75.3 Å². The summed E-state index contributed by atoms with van der Waals surface area (Å²) in [4.78, 5) is 106. The van der Waals surface area contributed by atoms with Gasteiger partial charge in [0.25, 0.3) is 5.56 Å². The minimum absolute atomic E-state index is 0.0105. The van der Waals surface area contributed by atoms with Crippen molar-refractivity contribution in [1.29, 1.82) is 0 Å². The zero-order chi connectivity index (χ0) is 63.9. The number of hydrogen-bond donors (Lipinski definition) is 8. The van der Waals surface area contributed by atoms with Crippen LogP contribution in [0.2, 0.25) is 0 Å². The molecule has 4 aliphatic heterocycles. The van der Waals surface area contributed by atoms with Crippen molar-refractivity contribution in [2.45, 2.75) is 167 Å². The lowest BCUT2D eigenvalue weighted by Crippen LogP contribution is -2.59. The van der Waals surface area contributed by atoms with Gasteiger partial charge in [0.05, 0.1) is 41.7 Å². The first-order valence-electron chi connectivity index (χ1n) is 29.9. The Morgan fingerprint density at radius 3 is 2.24 bits per heavy atom. The molecule has 11 unspecified atom stereocenters. The Balaban J connectivity index is 0.866. The molecule has 6 heterocycles. The number of cyclic esters (lactones) is 1. The fraction of sp³-hybridized carbons (Fsp3) is 0.540. The molecule has 2 saturated heterocycles. The molecule has 4 aliphatic rings. The number of carbonyl (C=O) groups excluding carboxylic acids is 6. The number of benzene rings is 2. The van der Waals surface area contributed by atoms with E-state index < -0.39 is 108 Å². The molecule has 476 valence electrons. The van der Waals surface area contributed by atoms with Crippen molar-refractivity contribution in [1.82, 2.24) is 41.0 Å². The lowest BCUT2D eigenvalue weighted by atomic mass is 9.85. The number of ether oxygens (including phenoxy) is 5. The molecule has 0 aliphatic carbocycles. The van der Waals surface area contributed by atoms with Crippen LogP contribution >= 0.6 is 24.0 Å². The summed E-state index contributed by atoms with van der Waals surface area (Å²) in [5.41, 5.74) is 1.42. The Bertz CT molecular complexity index is 3330. The van der Waals surface area contributed by atoms with Crippen LogP contribution in [0.25, 0.3) is 22.3 Å². The van der Waals surface area contributed by atoms with Gasteiger partial charge in [0.1, 0.15) is 60.9 Å². The van der Waals surface area contributed by atoms with Crippen LogP contribution in [0.3, 0.4) is 0 Å². The predicted molar refractivity (Wildman–Crippen MR) is 336 cm³/mol. The SMILES string of the molecule is C=C(CNC(=O)C(CC(C)C)NC(=O)C1CCCN1C(=S)Nc1ccc(OC2OC(C)C(O)C(OC)C2O)cc1)NC(CC(C)C)C(=O)NC(CSC)C(=O)NC(C(=O)OC1(CC)C(=O)OCc2c1cc1n(c2=O)Cc2cc3ccccc3nc2-1)C(C)C. The van der Waals surface area contributed by atoms with Crippen molar-refractivity contribution >= 4 is 81.2 Å². The molecule has 23 nitrogen and oxygen atoms in total. The Morgan fingerprint density at radius 2 is 1.58 bits per heavy atom. The van der Waals surface area contributed by atoms with Crippen LogP contribution in [0.5, 0.6) is 5.75 Å². The van der Waals surface area contributed by atoms with Gasteiger partial charge in [0, 0.05) is 47.3 Å². The fourth-order valence-corrected chi connectivity index (χ4v) is 12.5. The second kappa shape index (κ2) is 29.0. The third-order valence-electron chi connectivity index (χ3n) is 16.3. The summed E-state index contributed by atoms with van der Waals surface area (Å²) < 4.78 is 30.2. The fourth-order valence-electron chi connectivity index (χ4n) is 11.6. The van der Waals surface area contributed by atoms with Gasteiger partial charge in [0.2, 0.25) is 35.5 Å². The molecular formula is C63H83N9O14S2. The second-order valence-electron chi connectivity index (χ2n) is 24.1. The highest BCUT2D eigenvalue weighted by atomic mass is 32.2. The highest BCUT2D eigenvalue weighted by Crippen LogP contribution is 2.41. The molecule has 2 aromatic carbocycles. The number of nitrogens with one attached hydrogen (secondary N) is 6. The zero-order valence-corrected chi connectivity index (χ0v) is 53.1. The topological polar surface area (TPSA) is 299 Å². The van der Waals surface area contributed by atoms with Gasteiger partial charge in [-0.25, -0.2) is 14.6 Å². The number of likely N-dealkylation sites (tertiary alicyclic amines) is 1. The molecule has 25 heteroatoms. The van der Waals surface area contributed by atoms with E-state index in [0.29, 0.717) is 65.9 Å². The van der Waals surface area contributed by atoms with Crippen molar-refractivity contribution in [3.05, 3.63) is 100.0 Å². The maximum absolute atomic E-state index is 14.5. The summed E-state index contributed by atoms with van der Waals surface area (Å²) in [7, 11) is 1.39. The Morgan fingerprint density at radius 1 is 0.898 bits per heavy atom. The van der Waals surface area contributed by atoms with Crippen molar-refractivity contribution in [3.63, 3.8) is 0 Å². The van der Waals surface area contributed by atoms with Gasteiger partial charge in [-0.2, -0.15) is 11.8 Å². The first kappa shape index (κ1) is 66.8. The van der Waals surface area contributed by atoms with Gasteiger partial charge >= 0.3 is 11.9 Å². The van der Waals surface area contributed by atoms with Crippen LogP contribution < -0.4 is 42.2 Å². The third-order valence-corrected chi connectivity index (χ3v) is 17.3. The lowest BCUT2D eigenvalue weighted by Gasteiger charge is -2.40. The van der Waals surface area contributed by atoms with E-state index in [1.165, 1.54) is 18.9 Å². The number of anilines is 1. The van der Waals surface area contributed by atoms with Crippen LogP contribution in [0.4, 0.5) is 5.69 Å². The van der Waals surface area contributed by atoms with Crippen molar-refractivity contribution < 1.29 is 62.7 Å². The molecule has 2 fully saturated rings. The molecule has 4 aromatic rings. The number of aliphatic hydroxyl groups is 2. The maximum Gasteiger partial charge on any atom is 0.355 e. The molecule has 0 radical (unpaired) electrons. The monoisotopic (exact) mass is 1250 g/mol. The summed E-state index contributed by atoms with van der Waals surface area (Å²) in [6, 6.07) is 13.1. The summed E-state index contributed by atoms with van der Waals surface area (Å²) >= 11 is 7.09. The highest BCUT2D eigenvalue weighted by molar-refractivity contribution is 7.98. The number of methoxy groups -OCH3 is 1. The summed E-state index contributed by atoms with van der Waals surface area (Å²) in [5, 5.41) is 40.0. The molecule has 0 saturated carbocycles. The summed E-state index contributed by atoms with van der Waals surface area (Å²) in [6.07, 6.45) is -1.44. The molecular weight excluding hydrogens is 1170 g/mol. The van der Waals surface area contributed by atoms with E-state index in [9.17, 15) is 43.8 Å². The Labute approximate surface area is 522 Å². The third kappa shape index (κ3) is 14.9. The second-order valence-corrected chi connectivity index (χ2v) is 25.4. The van der Waals surface area contributed by atoms with Crippen molar-refractivity contribution in [2.75, 3.05) is 37.5 Å². The first-order chi connectivity index (χ1) is 41.9. The molecule has 4 amide bonds. The number of hydrogen-bond acceptors (Lipinski definition) is 18. The normalized spacial score (nSPS) is 22.5. The number of fused-ring (bicyclic) bond motifs is 5. The molecule has 0 bridgehead atoms. The number of para-hydroxylation sites is 1. The molecule has 88 heavy (non-hydrogen) atoms. The van der Waals surface area contributed by atoms with E-state index in [-0.39, 0.29) is 60.7 Å². The van der Waals surface area contributed by atoms with Crippen LogP contribution in [0.1, 0.15) is 104 Å². The smallest absolute Gasteiger partial charge is 0.355 e. The molecule has 2 aromatic heterocycles. The molecule has 0 spiro atoms. The number of carbonyl (C=O) groups is 6. The number of aromatic nitrogens is 2. The Kier molecular flexibility index (Phi) is 22.0. The van der Waals surface area contributed by atoms with Crippen LogP contribution in [0, 0.1) is 17.8 Å². The van der Waals surface area contributed by atoms with E-state index >= 15 is 0 Å². The molecule has 8 N–H and O–H groups in total. The number of thioether (sulfide) groups is 1. The molecule has 8 rings (SSSR count). The average Bonchev–Trinajstić information content (AvgIpc) is 1.48. The van der Waals surface area contributed by atoms with Gasteiger partial charge in [-0.05, 0) is 118 Å². The van der Waals surface area contributed by atoms with Gasteiger partial charge in [-0.1, -0.05) is 73.2 Å². The maximum atomic E-state index is 14.5. The summed E-state index contributed by atoms with van der Waals surface area (Å²) in [5.74, 6) is -3.94. The van der Waals surface area contributed by atoms with Gasteiger partial charge in [0.15, 0.2) is 5.11 Å². The number of nitrogens with zero attached hydrogens (tertiary/aromatic N) is 3. The average molecular weight is 1250 g/mol. The van der Waals surface area contributed by atoms with E-state index in [0.717, 1.165) is 16.5 Å². The number of amides is 4. The quantitative estimate of drug-likeness (QED) is 0.0295. The minimum Gasteiger partial charge on any atom is -0.462 e. The van der Waals surface area contributed by atoms with E-state index in [4.69, 9.17) is 40.9 Å². The van der Waals surface area contributed by atoms with Gasteiger partial charge in [-0.3, -0.25) is 24.0 Å². The van der Waals surface area contributed by atoms with Crippen LogP contribution in [0.15, 0.2) is 77.7 Å². The Hall–Kier alpha value is -7.16. The number of esters is 2. The lowest BCUT2D eigenvalue weighted by molar-refractivity contribution is -0.272. The van der Waals surface area contributed by atoms with E-state index in [1.54, 1.807) is 73.7 Å². The minimum atomic E-state index is -2.04. The van der Waals surface area contributed by atoms with E-state index in [1.807, 2.05) is 58.0 Å². The van der Waals surface area contributed by atoms with Crippen LogP contribution in [-0.4, -0.2) is 158 Å². The number of rotatable bonds is 25. The van der Waals surface area contributed by atoms with E-state index in [2.05, 4.69) is 38.5 Å². The largest absolute Gasteiger partial charge is 0.462 e. The molecule has 11 atom stereocenters. The first-order valence-corrected chi connectivity index (χ1v) is 31.8. The van der Waals surface area contributed by atoms with Gasteiger partial charge in [-0.15, -0.1) is 0 Å². The number of pyridine rings is 2. The van der Waals surface area contributed by atoms with Crippen LogP contribution in [-0.2, 0) is 66.5 Å². The number of aliphatic hydroxyl groups excluding tert-OH is 2. The zero-order valence-electron chi connectivity index (χ0n) is 51.5. The standard InChI is InChI=1S/C63H83N9O14S2/c1-12-63(42-27-48-50-38(26-37-16-13-14-17-43(37)67-50)29-72(48)58(79)41(42)30-83-61(63)81)86-59(80)49(34(6)7)70-56(77)46(31-88-11)69-55(76)45(25-33(4)5)65-35(8)28-64-54(75)44(24-32(2)3)68-57(78)47-18-15-23-71(47)62(87)66-39-19-21-40(22-20-39)85-60-52(74)53(82-10)51(73)36(9)84-60/h13-14,16-17,19-22,26-27,32-34,36,44-47,49,51-53,60,65,73-74H,8,12,15,18,23-25,28-31H2,1-7,9-11H3,(H,64,75)(H,66,87)(H,68,78)(H,69,76)(H,70,77). The van der Waals surface area contributed by atoms with Crippen molar-refractivity contribution in [3.8, 4) is 17.1 Å². The number of thiocarbonyl (C=S) groups is 1.